The molecule has 27 heavy (non-hydrogen) atoms. The standard InChI is InChI=1S/C17H16F3N5OS/c1-2-24-6-4-12(15(24)9-7-10(18)14(20)11(19)8-9)22-16-23-25-13(26)3-5-21-17(25)27-16/h3,5,7-8,12,15H,2,4,6H2,1H3,(H,22,23). The number of nitrogens with zero attached hydrogens (tertiary/aromatic N) is 4. The molecule has 2 aromatic heterocycles. The molecule has 2 atom stereocenters. The van der Waals surface area contributed by atoms with E-state index in [-0.39, 0.29) is 17.6 Å². The molecule has 4 rings (SSSR count). The highest BCUT2D eigenvalue weighted by Gasteiger charge is 2.36. The summed E-state index contributed by atoms with van der Waals surface area (Å²) in [4.78, 5) is 18.4. The first-order chi connectivity index (χ1) is 13.0. The topological polar surface area (TPSA) is 62.5 Å². The van der Waals surface area contributed by atoms with Gasteiger partial charge in [0.1, 0.15) is 0 Å². The summed E-state index contributed by atoms with van der Waals surface area (Å²) < 4.78 is 42.1. The lowest BCUT2D eigenvalue weighted by Crippen LogP contribution is -2.31. The lowest BCUT2D eigenvalue weighted by Gasteiger charge is -2.28. The number of likely N-dealkylation sites (N-methyl/N-ethyl adjacent to an activating group) is 1. The van der Waals surface area contributed by atoms with Crippen molar-refractivity contribution in [3.05, 3.63) is 57.8 Å². The lowest BCUT2D eigenvalue weighted by molar-refractivity contribution is 0.263. The van der Waals surface area contributed by atoms with Gasteiger partial charge in [-0.2, -0.15) is 4.52 Å². The molecule has 1 aromatic carbocycles. The third kappa shape index (κ3) is 3.19. The van der Waals surface area contributed by atoms with Crippen molar-refractivity contribution in [2.75, 3.05) is 18.4 Å². The SMILES string of the molecule is CCN1CCC(Nc2nn3c(=O)ccnc3s2)C1c1cc(F)c(F)c(F)c1. The second kappa shape index (κ2) is 6.93. The van der Waals surface area contributed by atoms with E-state index < -0.39 is 17.5 Å². The zero-order valence-electron chi connectivity index (χ0n) is 14.3. The smallest absolute Gasteiger partial charge is 0.275 e. The van der Waals surface area contributed by atoms with Crippen molar-refractivity contribution in [2.24, 2.45) is 0 Å². The predicted molar refractivity (Wildman–Crippen MR) is 95.5 cm³/mol. The van der Waals surface area contributed by atoms with Gasteiger partial charge in [-0.15, -0.1) is 5.10 Å². The fourth-order valence-electron chi connectivity index (χ4n) is 3.51. The molecule has 1 fully saturated rings. The van der Waals surface area contributed by atoms with E-state index >= 15 is 0 Å². The molecule has 1 N–H and O–H groups in total. The number of rotatable bonds is 4. The molecule has 0 aliphatic carbocycles. The van der Waals surface area contributed by atoms with Crippen molar-refractivity contribution in [2.45, 2.75) is 25.4 Å². The van der Waals surface area contributed by atoms with Crippen molar-refractivity contribution in [1.82, 2.24) is 19.5 Å². The number of likely N-dealkylation sites (tertiary alicyclic amines) is 1. The van der Waals surface area contributed by atoms with Crippen LogP contribution in [0.15, 0.2) is 29.2 Å². The highest BCUT2D eigenvalue weighted by Crippen LogP contribution is 2.35. The minimum absolute atomic E-state index is 0.203. The van der Waals surface area contributed by atoms with Crippen LogP contribution in [0.2, 0.25) is 0 Å². The summed E-state index contributed by atoms with van der Waals surface area (Å²) in [6.45, 7) is 3.33. The van der Waals surface area contributed by atoms with Crippen LogP contribution in [-0.4, -0.2) is 38.6 Å². The Labute approximate surface area is 156 Å². The van der Waals surface area contributed by atoms with Gasteiger partial charge < -0.3 is 5.32 Å². The molecule has 1 aliphatic heterocycles. The van der Waals surface area contributed by atoms with Gasteiger partial charge in [0.05, 0.1) is 6.04 Å². The average molecular weight is 395 g/mol. The highest BCUT2D eigenvalue weighted by atomic mass is 32.1. The highest BCUT2D eigenvalue weighted by molar-refractivity contribution is 7.20. The first-order valence-corrected chi connectivity index (χ1v) is 9.29. The maximum Gasteiger partial charge on any atom is 0.275 e. The van der Waals surface area contributed by atoms with E-state index in [9.17, 15) is 18.0 Å². The summed E-state index contributed by atoms with van der Waals surface area (Å²) in [7, 11) is 0. The molecule has 0 radical (unpaired) electrons. The summed E-state index contributed by atoms with van der Waals surface area (Å²) in [5, 5.41) is 7.97. The van der Waals surface area contributed by atoms with E-state index in [2.05, 4.69) is 20.3 Å². The molecule has 6 nitrogen and oxygen atoms in total. The third-order valence-corrected chi connectivity index (χ3v) is 5.59. The number of halogens is 3. The van der Waals surface area contributed by atoms with Crippen LogP contribution in [-0.2, 0) is 0 Å². The molecule has 0 bridgehead atoms. The molecule has 142 valence electrons. The molecule has 0 spiro atoms. The molecule has 0 saturated carbocycles. The van der Waals surface area contributed by atoms with Crippen molar-refractivity contribution >= 4 is 21.4 Å². The summed E-state index contributed by atoms with van der Waals surface area (Å²) in [5.74, 6) is -3.88. The number of fused-ring (bicyclic) bond motifs is 1. The molecular formula is C17H16F3N5OS. The van der Waals surface area contributed by atoms with E-state index in [0.717, 1.165) is 12.1 Å². The van der Waals surface area contributed by atoms with Gasteiger partial charge in [0.2, 0.25) is 10.1 Å². The first-order valence-electron chi connectivity index (χ1n) is 8.48. The van der Waals surface area contributed by atoms with Gasteiger partial charge in [-0.05, 0) is 30.7 Å². The fourth-order valence-corrected chi connectivity index (χ4v) is 4.35. The lowest BCUT2D eigenvalue weighted by atomic mass is 9.99. The Morgan fingerprint density at radius 2 is 2.04 bits per heavy atom. The summed E-state index contributed by atoms with van der Waals surface area (Å²) in [6.07, 6.45) is 2.12. The largest absolute Gasteiger partial charge is 0.355 e. The van der Waals surface area contributed by atoms with Gasteiger partial charge >= 0.3 is 0 Å². The Hall–Kier alpha value is -2.46. The van der Waals surface area contributed by atoms with Crippen LogP contribution in [0.4, 0.5) is 18.3 Å². The van der Waals surface area contributed by atoms with Crippen LogP contribution in [0.25, 0.3) is 4.96 Å². The monoisotopic (exact) mass is 395 g/mol. The average Bonchev–Trinajstić information content (AvgIpc) is 3.24. The zero-order chi connectivity index (χ0) is 19.1. The molecule has 1 saturated heterocycles. The minimum Gasteiger partial charge on any atom is -0.355 e. The Balaban J connectivity index is 1.68. The van der Waals surface area contributed by atoms with Gasteiger partial charge in [-0.25, -0.2) is 18.2 Å². The zero-order valence-corrected chi connectivity index (χ0v) is 15.1. The quantitative estimate of drug-likeness (QED) is 0.689. The Kier molecular flexibility index (Phi) is 4.60. The van der Waals surface area contributed by atoms with Crippen molar-refractivity contribution < 1.29 is 13.2 Å². The number of hydrogen-bond acceptors (Lipinski definition) is 6. The molecule has 0 amide bonds. The number of anilines is 1. The minimum atomic E-state index is -1.47. The summed E-state index contributed by atoms with van der Waals surface area (Å²) in [5.41, 5.74) is 0.0739. The van der Waals surface area contributed by atoms with Crippen molar-refractivity contribution in [1.29, 1.82) is 0 Å². The molecule has 3 heterocycles. The van der Waals surface area contributed by atoms with E-state index in [0.29, 0.717) is 35.2 Å². The van der Waals surface area contributed by atoms with Crippen LogP contribution in [0.3, 0.4) is 0 Å². The number of nitrogens with one attached hydrogen (secondary N) is 1. The second-order valence-electron chi connectivity index (χ2n) is 6.30. The third-order valence-electron chi connectivity index (χ3n) is 4.74. The molecule has 3 aromatic rings. The molecule has 2 unspecified atom stereocenters. The number of benzene rings is 1. The van der Waals surface area contributed by atoms with Crippen molar-refractivity contribution in [3.8, 4) is 0 Å². The molecule has 10 heteroatoms. The van der Waals surface area contributed by atoms with Crippen LogP contribution >= 0.6 is 11.3 Å². The maximum absolute atomic E-state index is 13.8. The fraction of sp³-hybridized carbons (Fsp3) is 0.353. The van der Waals surface area contributed by atoms with Crippen LogP contribution in [0.5, 0.6) is 0 Å². The van der Waals surface area contributed by atoms with Gasteiger partial charge in [-0.1, -0.05) is 18.3 Å². The Morgan fingerprint density at radius 3 is 2.70 bits per heavy atom. The van der Waals surface area contributed by atoms with Crippen LogP contribution in [0.1, 0.15) is 24.9 Å². The Morgan fingerprint density at radius 1 is 1.30 bits per heavy atom. The Bertz CT molecular complexity index is 1030. The maximum atomic E-state index is 13.8. The van der Waals surface area contributed by atoms with Gasteiger partial charge in [-0.3, -0.25) is 9.69 Å². The first kappa shape index (κ1) is 17.9. The van der Waals surface area contributed by atoms with Gasteiger partial charge in [0.25, 0.3) is 5.56 Å². The van der Waals surface area contributed by atoms with Gasteiger partial charge in [0, 0.05) is 24.8 Å². The molecular weight excluding hydrogens is 379 g/mol. The summed E-state index contributed by atoms with van der Waals surface area (Å²) >= 11 is 1.22. The number of aromatic nitrogens is 3. The van der Waals surface area contributed by atoms with Gasteiger partial charge in [0.15, 0.2) is 17.5 Å². The van der Waals surface area contributed by atoms with E-state index in [1.165, 1.54) is 28.1 Å². The number of hydrogen-bond donors (Lipinski definition) is 1. The molecule has 1 aliphatic rings. The van der Waals surface area contributed by atoms with E-state index in [4.69, 9.17) is 0 Å². The van der Waals surface area contributed by atoms with Crippen LogP contribution < -0.4 is 10.9 Å². The van der Waals surface area contributed by atoms with E-state index in [1.54, 1.807) is 0 Å². The second-order valence-corrected chi connectivity index (χ2v) is 7.25. The normalized spacial score (nSPS) is 20.4. The van der Waals surface area contributed by atoms with E-state index in [1.807, 2.05) is 6.92 Å². The van der Waals surface area contributed by atoms with Crippen LogP contribution in [0, 0.1) is 17.5 Å². The predicted octanol–water partition coefficient (Wildman–Crippen LogP) is 2.82. The summed E-state index contributed by atoms with van der Waals surface area (Å²) in [6, 6.07) is 2.84. The van der Waals surface area contributed by atoms with Crippen molar-refractivity contribution in [3.63, 3.8) is 0 Å².